The largest absolute Gasteiger partial charge is 0.868 e. The van der Waals surface area contributed by atoms with Gasteiger partial charge in [0.05, 0.1) is 10.6 Å². The summed E-state index contributed by atoms with van der Waals surface area (Å²) in [7, 11) is 0. The molecule has 1 saturated heterocycles. The second kappa shape index (κ2) is 6.57. The van der Waals surface area contributed by atoms with E-state index in [1.807, 2.05) is 26.0 Å². The van der Waals surface area contributed by atoms with Crippen LogP contribution in [0.1, 0.15) is 16.7 Å². The Morgan fingerprint density at radius 1 is 1.23 bits per heavy atom. The van der Waals surface area contributed by atoms with Crippen LogP contribution in [0.3, 0.4) is 0 Å². The number of thiocarbonyl (C=S) groups is 1. The van der Waals surface area contributed by atoms with Crippen molar-refractivity contribution in [2.24, 2.45) is 0 Å². The smallest absolute Gasteiger partial charge is 0.281 e. The number of aryl methyl sites for hydroxylation is 1. The van der Waals surface area contributed by atoms with Crippen LogP contribution in [0, 0.1) is 24.0 Å². The van der Waals surface area contributed by atoms with Crippen molar-refractivity contribution in [3.63, 3.8) is 0 Å². The van der Waals surface area contributed by atoms with Crippen molar-refractivity contribution in [2.75, 3.05) is 4.90 Å². The molecule has 0 radical (unpaired) electrons. The average Bonchev–Trinajstić information content (AvgIpc) is 2.86. The Morgan fingerprint density at radius 3 is 2.65 bits per heavy atom. The molecule has 0 saturated carbocycles. The highest BCUT2D eigenvalue weighted by atomic mass is 32.1. The average molecular weight is 368 g/mol. The minimum atomic E-state index is -0.749. The minimum Gasteiger partial charge on any atom is -0.868 e. The number of carbonyl (C=O) groups excluding carboxylic acids is 1. The lowest BCUT2D eigenvalue weighted by Gasteiger charge is -2.17. The zero-order chi connectivity index (χ0) is 19.0. The Kier molecular flexibility index (Phi) is 4.43. The number of amides is 1. The Balaban J connectivity index is 1.99. The van der Waals surface area contributed by atoms with Crippen molar-refractivity contribution >= 4 is 40.7 Å². The third-order valence-electron chi connectivity index (χ3n) is 4.19. The standard InChI is InChI=1S/C18H15N3O4S/c1-10-4-3-5-14(11(10)2)20-17(23)13(19-18(20)26)8-12-6-7-16(22)15(9-12)21(24)25/h3-9,22H,1-2H3,(H,19,26)/p-1/b13-8+. The molecule has 0 spiro atoms. The fourth-order valence-corrected chi connectivity index (χ4v) is 2.96. The Morgan fingerprint density at radius 2 is 1.96 bits per heavy atom. The molecule has 0 aliphatic carbocycles. The Labute approximate surface area is 154 Å². The summed E-state index contributed by atoms with van der Waals surface area (Å²) >= 11 is 5.28. The number of hydrogen-bond acceptors (Lipinski definition) is 5. The van der Waals surface area contributed by atoms with E-state index < -0.39 is 16.4 Å². The number of anilines is 1. The van der Waals surface area contributed by atoms with E-state index >= 15 is 0 Å². The number of hydrogen-bond donors (Lipinski definition) is 1. The van der Waals surface area contributed by atoms with Gasteiger partial charge in [-0.05, 0) is 60.6 Å². The van der Waals surface area contributed by atoms with Gasteiger partial charge in [-0.1, -0.05) is 24.3 Å². The molecule has 132 valence electrons. The lowest BCUT2D eigenvalue weighted by Crippen LogP contribution is -2.31. The van der Waals surface area contributed by atoms with Gasteiger partial charge in [-0.15, -0.1) is 0 Å². The fraction of sp³-hybridized carbons (Fsp3) is 0.111. The molecular weight excluding hydrogens is 354 g/mol. The zero-order valence-corrected chi connectivity index (χ0v) is 14.8. The maximum Gasteiger partial charge on any atom is 0.281 e. The quantitative estimate of drug-likeness (QED) is 0.387. The number of nitro groups is 1. The van der Waals surface area contributed by atoms with E-state index in [-0.39, 0.29) is 16.7 Å². The first-order valence-corrected chi connectivity index (χ1v) is 8.09. The summed E-state index contributed by atoms with van der Waals surface area (Å²) in [5.74, 6) is -1.05. The van der Waals surface area contributed by atoms with E-state index in [9.17, 15) is 20.0 Å². The van der Waals surface area contributed by atoms with E-state index in [1.165, 1.54) is 17.0 Å². The third-order valence-corrected chi connectivity index (χ3v) is 4.47. The van der Waals surface area contributed by atoms with Gasteiger partial charge >= 0.3 is 0 Å². The van der Waals surface area contributed by atoms with Gasteiger partial charge in [0.2, 0.25) is 0 Å². The van der Waals surface area contributed by atoms with E-state index in [0.29, 0.717) is 11.3 Å². The number of rotatable bonds is 3. The first kappa shape index (κ1) is 17.6. The molecule has 1 aliphatic heterocycles. The number of nitro benzene ring substituents is 1. The van der Waals surface area contributed by atoms with E-state index in [1.54, 1.807) is 6.07 Å². The van der Waals surface area contributed by atoms with Crippen LogP contribution in [-0.4, -0.2) is 15.9 Å². The van der Waals surface area contributed by atoms with Gasteiger partial charge in [0, 0.05) is 6.07 Å². The number of nitrogens with one attached hydrogen (secondary N) is 1. The van der Waals surface area contributed by atoms with Gasteiger partial charge in [-0.25, -0.2) is 0 Å². The van der Waals surface area contributed by atoms with Crippen molar-refractivity contribution < 1.29 is 14.8 Å². The number of benzene rings is 2. The molecule has 0 aromatic heterocycles. The Bertz CT molecular complexity index is 984. The van der Waals surface area contributed by atoms with Crippen molar-refractivity contribution in [3.8, 4) is 5.75 Å². The zero-order valence-electron chi connectivity index (χ0n) is 14.0. The lowest BCUT2D eigenvalue weighted by molar-refractivity contribution is -0.398. The van der Waals surface area contributed by atoms with E-state index in [2.05, 4.69) is 5.32 Å². The highest BCUT2D eigenvalue weighted by Gasteiger charge is 2.33. The van der Waals surface area contributed by atoms with Crippen LogP contribution in [0.15, 0.2) is 42.1 Å². The molecule has 26 heavy (non-hydrogen) atoms. The molecular formula is C18H14N3O4S-. The maximum atomic E-state index is 12.8. The summed E-state index contributed by atoms with van der Waals surface area (Å²) in [6.45, 7) is 3.84. The maximum absolute atomic E-state index is 12.8. The van der Waals surface area contributed by atoms with Crippen LogP contribution < -0.4 is 15.3 Å². The fourth-order valence-electron chi connectivity index (χ4n) is 2.67. The van der Waals surface area contributed by atoms with Crippen LogP contribution in [0.25, 0.3) is 6.08 Å². The summed E-state index contributed by atoms with van der Waals surface area (Å²) in [5, 5.41) is 25.5. The summed E-state index contributed by atoms with van der Waals surface area (Å²) in [6, 6.07) is 9.23. The molecule has 7 nitrogen and oxygen atoms in total. The van der Waals surface area contributed by atoms with Crippen molar-refractivity contribution in [1.82, 2.24) is 5.32 Å². The normalized spacial score (nSPS) is 15.5. The molecule has 1 N–H and O–H groups in total. The second-order valence-corrected chi connectivity index (χ2v) is 6.22. The predicted octanol–water partition coefficient (Wildman–Crippen LogP) is 2.55. The topological polar surface area (TPSA) is 98.5 Å². The van der Waals surface area contributed by atoms with Gasteiger partial charge in [0.15, 0.2) is 5.11 Å². The third kappa shape index (κ3) is 3.02. The second-order valence-electron chi connectivity index (χ2n) is 5.83. The minimum absolute atomic E-state index is 0.184. The summed E-state index contributed by atoms with van der Waals surface area (Å²) < 4.78 is 0. The van der Waals surface area contributed by atoms with Crippen LogP contribution in [-0.2, 0) is 4.79 Å². The first-order chi connectivity index (χ1) is 12.3. The van der Waals surface area contributed by atoms with Gasteiger partial charge < -0.3 is 10.4 Å². The van der Waals surface area contributed by atoms with Crippen molar-refractivity contribution in [1.29, 1.82) is 0 Å². The highest BCUT2D eigenvalue weighted by Crippen LogP contribution is 2.29. The molecule has 2 aromatic rings. The molecule has 0 atom stereocenters. The highest BCUT2D eigenvalue weighted by molar-refractivity contribution is 7.80. The molecule has 0 bridgehead atoms. The van der Waals surface area contributed by atoms with E-state index in [0.717, 1.165) is 23.3 Å². The van der Waals surface area contributed by atoms with Crippen LogP contribution in [0.5, 0.6) is 5.75 Å². The number of nitrogens with zero attached hydrogens (tertiary/aromatic N) is 2. The van der Waals surface area contributed by atoms with Crippen molar-refractivity contribution in [3.05, 3.63) is 68.9 Å². The van der Waals surface area contributed by atoms with Crippen LogP contribution in [0.4, 0.5) is 11.4 Å². The lowest BCUT2D eigenvalue weighted by atomic mass is 10.1. The molecule has 1 amide bonds. The van der Waals surface area contributed by atoms with Gasteiger partial charge in [0.1, 0.15) is 5.70 Å². The molecule has 1 fully saturated rings. The summed E-state index contributed by atoms with van der Waals surface area (Å²) in [6.07, 6.45) is 1.44. The predicted molar refractivity (Wildman–Crippen MR) is 99.7 cm³/mol. The van der Waals surface area contributed by atoms with Gasteiger partial charge in [-0.2, -0.15) is 0 Å². The van der Waals surface area contributed by atoms with Crippen molar-refractivity contribution in [2.45, 2.75) is 13.8 Å². The van der Waals surface area contributed by atoms with Gasteiger partial charge in [-0.3, -0.25) is 19.8 Å². The molecule has 8 heteroatoms. The molecule has 2 aromatic carbocycles. The van der Waals surface area contributed by atoms with E-state index in [4.69, 9.17) is 12.2 Å². The summed E-state index contributed by atoms with van der Waals surface area (Å²) in [5.41, 5.74) is 2.63. The monoisotopic (exact) mass is 368 g/mol. The molecule has 1 aliphatic rings. The summed E-state index contributed by atoms with van der Waals surface area (Å²) in [4.78, 5) is 24.3. The molecule has 1 heterocycles. The first-order valence-electron chi connectivity index (χ1n) is 7.68. The van der Waals surface area contributed by atoms with Gasteiger partial charge in [0.25, 0.3) is 11.6 Å². The molecule has 3 rings (SSSR count). The van der Waals surface area contributed by atoms with Crippen LogP contribution >= 0.6 is 12.2 Å². The number of carbonyl (C=O) groups is 1. The van der Waals surface area contributed by atoms with Crippen LogP contribution in [0.2, 0.25) is 0 Å². The molecule has 0 unspecified atom stereocenters. The Hall–Kier alpha value is -3.26. The SMILES string of the molecule is Cc1cccc(N2C(=O)/C(=C\c3ccc([O-])c([N+](=O)[O-])c3)NC2=S)c1C.